The van der Waals surface area contributed by atoms with Gasteiger partial charge in [-0.3, -0.25) is 9.59 Å². The van der Waals surface area contributed by atoms with Gasteiger partial charge in [-0.15, -0.1) is 0 Å². The van der Waals surface area contributed by atoms with Gasteiger partial charge in [0.2, 0.25) is 5.91 Å². The number of nitrogens with one attached hydrogen (secondary N) is 1. The third kappa shape index (κ3) is 4.08. The lowest BCUT2D eigenvalue weighted by molar-refractivity contribution is -0.119. The van der Waals surface area contributed by atoms with Crippen LogP contribution in [-0.2, 0) is 4.79 Å². The van der Waals surface area contributed by atoms with E-state index in [9.17, 15) is 9.59 Å². The smallest absolute Gasteiger partial charge is 0.252 e. The van der Waals surface area contributed by atoms with Gasteiger partial charge in [0.15, 0.2) is 0 Å². The van der Waals surface area contributed by atoms with Crippen molar-refractivity contribution in [1.82, 2.24) is 5.32 Å². The Kier molecular flexibility index (Phi) is 4.71. The summed E-state index contributed by atoms with van der Waals surface area (Å²) in [4.78, 5) is 22.7. The van der Waals surface area contributed by atoms with Crippen LogP contribution in [0.3, 0.4) is 0 Å². The van der Waals surface area contributed by atoms with Crippen molar-refractivity contribution in [3.05, 3.63) is 29.8 Å². The second-order valence-electron chi connectivity index (χ2n) is 4.29. The molecule has 5 nitrogen and oxygen atoms in total. The molecular weight excluding hydrogens is 232 g/mol. The van der Waals surface area contributed by atoms with Gasteiger partial charge in [0.1, 0.15) is 11.8 Å². The van der Waals surface area contributed by atoms with E-state index < -0.39 is 11.9 Å². The first kappa shape index (κ1) is 14.0. The van der Waals surface area contributed by atoms with E-state index in [1.165, 1.54) is 6.92 Å². The molecular formula is C13H18N2O3. The average molecular weight is 250 g/mol. The zero-order chi connectivity index (χ0) is 13.7. The Bertz CT molecular complexity index is 444. The van der Waals surface area contributed by atoms with E-state index in [-0.39, 0.29) is 12.0 Å². The molecule has 0 radical (unpaired) electrons. The number of amides is 2. The van der Waals surface area contributed by atoms with E-state index in [0.29, 0.717) is 11.3 Å². The summed E-state index contributed by atoms with van der Waals surface area (Å²) in [6.07, 6.45) is 0.0351. The van der Waals surface area contributed by atoms with Crippen molar-refractivity contribution in [1.29, 1.82) is 0 Å². The van der Waals surface area contributed by atoms with Gasteiger partial charge in [0.05, 0.1) is 6.10 Å². The predicted molar refractivity (Wildman–Crippen MR) is 68.3 cm³/mol. The van der Waals surface area contributed by atoms with E-state index in [1.54, 1.807) is 24.3 Å². The number of primary amides is 1. The topological polar surface area (TPSA) is 81.4 Å². The molecule has 18 heavy (non-hydrogen) atoms. The minimum absolute atomic E-state index is 0.0351. The van der Waals surface area contributed by atoms with Crippen LogP contribution in [0.15, 0.2) is 24.3 Å². The fourth-order valence-electron chi connectivity index (χ4n) is 1.33. The SMILES string of the molecule is CC(C)Oc1cccc(C(=O)NC(C)C(N)=O)c1. The number of carbonyl (C=O) groups excluding carboxylic acids is 2. The summed E-state index contributed by atoms with van der Waals surface area (Å²) in [6, 6.07) is 6.07. The fourth-order valence-corrected chi connectivity index (χ4v) is 1.33. The first-order chi connectivity index (χ1) is 8.40. The highest BCUT2D eigenvalue weighted by Gasteiger charge is 2.14. The predicted octanol–water partition coefficient (Wildman–Crippen LogP) is 1.08. The van der Waals surface area contributed by atoms with Crippen molar-refractivity contribution in [3.8, 4) is 5.75 Å². The normalized spacial score (nSPS) is 12.0. The molecule has 0 aliphatic heterocycles. The molecule has 0 bridgehead atoms. The minimum atomic E-state index is -0.702. The maximum atomic E-state index is 11.8. The molecule has 0 saturated carbocycles. The van der Waals surface area contributed by atoms with Gasteiger partial charge >= 0.3 is 0 Å². The zero-order valence-corrected chi connectivity index (χ0v) is 10.8. The van der Waals surface area contributed by atoms with Crippen molar-refractivity contribution < 1.29 is 14.3 Å². The molecule has 5 heteroatoms. The molecule has 0 aliphatic carbocycles. The van der Waals surface area contributed by atoms with Crippen LogP contribution in [0.5, 0.6) is 5.75 Å². The summed E-state index contributed by atoms with van der Waals surface area (Å²) >= 11 is 0. The Hall–Kier alpha value is -2.04. The monoisotopic (exact) mass is 250 g/mol. The van der Waals surface area contributed by atoms with E-state index in [0.717, 1.165) is 0 Å². The number of carbonyl (C=O) groups is 2. The second-order valence-corrected chi connectivity index (χ2v) is 4.29. The van der Waals surface area contributed by atoms with E-state index in [1.807, 2.05) is 13.8 Å². The van der Waals surface area contributed by atoms with Crippen molar-refractivity contribution >= 4 is 11.8 Å². The van der Waals surface area contributed by atoms with Crippen LogP contribution in [0.4, 0.5) is 0 Å². The maximum absolute atomic E-state index is 11.8. The lowest BCUT2D eigenvalue weighted by Crippen LogP contribution is -2.42. The van der Waals surface area contributed by atoms with Crippen LogP contribution in [-0.4, -0.2) is 24.0 Å². The molecule has 1 unspecified atom stereocenters. The summed E-state index contributed by atoms with van der Waals surface area (Å²) < 4.78 is 5.49. The van der Waals surface area contributed by atoms with Crippen LogP contribution in [0, 0.1) is 0 Å². The maximum Gasteiger partial charge on any atom is 0.252 e. The Morgan fingerprint density at radius 3 is 2.50 bits per heavy atom. The molecule has 0 fully saturated rings. The summed E-state index contributed by atoms with van der Waals surface area (Å²) in [7, 11) is 0. The highest BCUT2D eigenvalue weighted by molar-refractivity contribution is 5.97. The molecule has 1 aromatic rings. The Balaban J connectivity index is 2.77. The second kappa shape index (κ2) is 6.05. The molecule has 0 spiro atoms. The number of rotatable bonds is 5. The highest BCUT2D eigenvalue weighted by atomic mass is 16.5. The number of nitrogens with two attached hydrogens (primary N) is 1. The Morgan fingerprint density at radius 2 is 1.94 bits per heavy atom. The first-order valence-corrected chi connectivity index (χ1v) is 5.77. The van der Waals surface area contributed by atoms with Crippen LogP contribution in [0.2, 0.25) is 0 Å². The Morgan fingerprint density at radius 1 is 1.28 bits per heavy atom. The van der Waals surface area contributed by atoms with E-state index >= 15 is 0 Å². The van der Waals surface area contributed by atoms with Crippen molar-refractivity contribution in [2.45, 2.75) is 32.9 Å². The fraction of sp³-hybridized carbons (Fsp3) is 0.385. The number of hydrogen-bond acceptors (Lipinski definition) is 3. The molecule has 0 heterocycles. The van der Waals surface area contributed by atoms with Gasteiger partial charge < -0.3 is 15.8 Å². The third-order valence-corrected chi connectivity index (χ3v) is 2.24. The largest absolute Gasteiger partial charge is 0.491 e. The molecule has 1 atom stereocenters. The van der Waals surface area contributed by atoms with Gasteiger partial charge in [0, 0.05) is 5.56 Å². The first-order valence-electron chi connectivity index (χ1n) is 5.77. The molecule has 3 N–H and O–H groups in total. The van der Waals surface area contributed by atoms with Crippen LogP contribution < -0.4 is 15.8 Å². The molecule has 0 aromatic heterocycles. The lowest BCUT2D eigenvalue weighted by atomic mass is 10.2. The van der Waals surface area contributed by atoms with Crippen LogP contribution in [0.25, 0.3) is 0 Å². The standard InChI is InChI=1S/C13H18N2O3/c1-8(2)18-11-6-4-5-10(7-11)13(17)15-9(3)12(14)16/h4-9H,1-3H3,(H2,14,16)(H,15,17). The van der Waals surface area contributed by atoms with Crippen LogP contribution in [0.1, 0.15) is 31.1 Å². The van der Waals surface area contributed by atoms with Gasteiger partial charge in [-0.1, -0.05) is 6.07 Å². The average Bonchev–Trinajstić information content (AvgIpc) is 2.28. The minimum Gasteiger partial charge on any atom is -0.491 e. The number of hydrogen-bond donors (Lipinski definition) is 2. The molecule has 0 aliphatic rings. The van der Waals surface area contributed by atoms with Crippen LogP contribution >= 0.6 is 0 Å². The van der Waals surface area contributed by atoms with Gasteiger partial charge in [-0.05, 0) is 39.0 Å². The molecule has 1 aromatic carbocycles. The van der Waals surface area contributed by atoms with Crippen molar-refractivity contribution in [2.24, 2.45) is 5.73 Å². The summed E-state index contributed by atoms with van der Waals surface area (Å²) in [5, 5.41) is 2.51. The summed E-state index contributed by atoms with van der Waals surface area (Å²) in [6.45, 7) is 5.35. The lowest BCUT2D eigenvalue weighted by Gasteiger charge is -2.12. The van der Waals surface area contributed by atoms with Gasteiger partial charge in [0.25, 0.3) is 5.91 Å². The van der Waals surface area contributed by atoms with Crippen molar-refractivity contribution in [3.63, 3.8) is 0 Å². The van der Waals surface area contributed by atoms with Gasteiger partial charge in [-0.2, -0.15) is 0 Å². The van der Waals surface area contributed by atoms with E-state index in [2.05, 4.69) is 5.32 Å². The highest BCUT2D eigenvalue weighted by Crippen LogP contribution is 2.14. The third-order valence-electron chi connectivity index (χ3n) is 2.24. The Labute approximate surface area is 106 Å². The molecule has 98 valence electrons. The zero-order valence-electron chi connectivity index (χ0n) is 10.8. The quantitative estimate of drug-likeness (QED) is 0.820. The van der Waals surface area contributed by atoms with Gasteiger partial charge in [-0.25, -0.2) is 0 Å². The number of ether oxygens (including phenoxy) is 1. The number of benzene rings is 1. The summed E-state index contributed by atoms with van der Waals surface area (Å²) in [5.74, 6) is -0.308. The molecule has 1 rings (SSSR count). The van der Waals surface area contributed by atoms with E-state index in [4.69, 9.17) is 10.5 Å². The molecule has 2 amide bonds. The van der Waals surface area contributed by atoms with Crippen molar-refractivity contribution in [2.75, 3.05) is 0 Å². The molecule has 0 saturated heterocycles. The summed E-state index contributed by atoms with van der Waals surface area (Å²) in [5.41, 5.74) is 5.51.